The molecule has 0 unspecified atom stereocenters. The average molecular weight is 251 g/mol. The van der Waals surface area contributed by atoms with Gasteiger partial charge in [-0.2, -0.15) is 0 Å². The second kappa shape index (κ2) is 4.65. The number of fused-ring (bicyclic) bond motifs is 2. The van der Waals surface area contributed by atoms with E-state index in [-0.39, 0.29) is 6.04 Å². The normalized spacial score (nSPS) is 14.7. The Morgan fingerprint density at radius 2 is 1.42 bits per heavy atom. The lowest BCUT2D eigenvalue weighted by Crippen LogP contribution is -2.24. The lowest BCUT2D eigenvalue weighted by atomic mass is 9.98. The topological polar surface area (TPSA) is 46.2 Å². The zero-order valence-electron chi connectivity index (χ0n) is 10.9. The third-order valence-corrected chi connectivity index (χ3v) is 3.57. The van der Waals surface area contributed by atoms with Crippen LogP contribution in [0.15, 0.2) is 54.6 Å². The van der Waals surface area contributed by atoms with Crippen LogP contribution in [-0.4, -0.2) is 11.1 Å². The minimum Gasteiger partial charge on any atom is -0.387 e. The van der Waals surface area contributed by atoms with E-state index in [2.05, 4.69) is 24.3 Å². The highest BCUT2D eigenvalue weighted by molar-refractivity contribution is 5.98. The molecule has 2 nitrogen and oxygen atoms in total. The quantitative estimate of drug-likeness (QED) is 0.686. The van der Waals surface area contributed by atoms with Crippen molar-refractivity contribution in [2.75, 3.05) is 0 Å². The predicted octanol–water partition coefficient (Wildman–Crippen LogP) is 3.37. The standard InChI is InChI=1S/C17H17NO/c1-11(18)17(19)15-7-6-14-8-12-4-2-3-5-13(12)9-16(14)10-15/h2-11,17,19H,18H2,1H3/t11-,17-/m0/s1. The fourth-order valence-electron chi connectivity index (χ4n) is 2.45. The molecule has 2 heteroatoms. The zero-order chi connectivity index (χ0) is 13.4. The highest BCUT2D eigenvalue weighted by Crippen LogP contribution is 2.26. The van der Waals surface area contributed by atoms with Crippen LogP contribution >= 0.6 is 0 Å². The van der Waals surface area contributed by atoms with Crippen LogP contribution in [0.2, 0.25) is 0 Å². The van der Waals surface area contributed by atoms with Gasteiger partial charge in [-0.05, 0) is 52.2 Å². The van der Waals surface area contributed by atoms with Crippen molar-refractivity contribution in [2.45, 2.75) is 19.1 Å². The van der Waals surface area contributed by atoms with Crippen molar-refractivity contribution in [1.82, 2.24) is 0 Å². The summed E-state index contributed by atoms with van der Waals surface area (Å²) in [7, 11) is 0. The Hall–Kier alpha value is -1.90. The fourth-order valence-corrected chi connectivity index (χ4v) is 2.45. The molecule has 0 saturated heterocycles. The maximum atomic E-state index is 10.0. The smallest absolute Gasteiger partial charge is 0.0938 e. The molecular formula is C17H17NO. The molecule has 0 aliphatic heterocycles. The molecule has 0 heterocycles. The number of hydrogen-bond acceptors (Lipinski definition) is 2. The molecule has 0 saturated carbocycles. The molecule has 0 bridgehead atoms. The van der Waals surface area contributed by atoms with Gasteiger partial charge in [-0.25, -0.2) is 0 Å². The molecule has 3 N–H and O–H groups in total. The third-order valence-electron chi connectivity index (χ3n) is 3.57. The molecule has 0 aliphatic rings. The Labute approximate surface area is 112 Å². The van der Waals surface area contributed by atoms with Crippen LogP contribution in [-0.2, 0) is 0 Å². The van der Waals surface area contributed by atoms with E-state index in [0.717, 1.165) is 10.9 Å². The molecule has 0 fully saturated rings. The Kier molecular flexibility index (Phi) is 2.97. The van der Waals surface area contributed by atoms with Crippen LogP contribution in [0.25, 0.3) is 21.5 Å². The molecule has 3 aromatic carbocycles. The molecule has 0 radical (unpaired) electrons. The summed E-state index contributed by atoms with van der Waals surface area (Å²) in [6.45, 7) is 1.81. The van der Waals surface area contributed by atoms with Gasteiger partial charge in [0, 0.05) is 6.04 Å². The Morgan fingerprint density at radius 3 is 2.05 bits per heavy atom. The van der Waals surface area contributed by atoms with Crippen molar-refractivity contribution in [3.05, 3.63) is 60.2 Å². The molecule has 96 valence electrons. The number of benzene rings is 3. The summed E-state index contributed by atoms with van der Waals surface area (Å²) in [5, 5.41) is 14.8. The summed E-state index contributed by atoms with van der Waals surface area (Å²) in [5.41, 5.74) is 6.63. The summed E-state index contributed by atoms with van der Waals surface area (Å²) in [6, 6.07) is 18.4. The van der Waals surface area contributed by atoms with E-state index in [1.54, 1.807) is 0 Å². The summed E-state index contributed by atoms with van der Waals surface area (Å²) in [6.07, 6.45) is -0.615. The number of aliphatic hydroxyl groups excluding tert-OH is 1. The number of aliphatic hydroxyl groups is 1. The SMILES string of the molecule is C[C@H](N)[C@H](O)c1ccc2cc3ccccc3cc2c1. The van der Waals surface area contributed by atoms with E-state index in [1.807, 2.05) is 37.3 Å². The van der Waals surface area contributed by atoms with Gasteiger partial charge in [-0.3, -0.25) is 0 Å². The molecular weight excluding hydrogens is 234 g/mol. The van der Waals surface area contributed by atoms with Crippen molar-refractivity contribution in [3.63, 3.8) is 0 Å². The maximum absolute atomic E-state index is 10.0. The van der Waals surface area contributed by atoms with E-state index >= 15 is 0 Å². The van der Waals surface area contributed by atoms with E-state index in [9.17, 15) is 5.11 Å². The van der Waals surface area contributed by atoms with Crippen LogP contribution in [0.1, 0.15) is 18.6 Å². The van der Waals surface area contributed by atoms with Gasteiger partial charge in [0.15, 0.2) is 0 Å². The zero-order valence-corrected chi connectivity index (χ0v) is 10.9. The first-order valence-corrected chi connectivity index (χ1v) is 6.51. The van der Waals surface area contributed by atoms with E-state index in [0.29, 0.717) is 0 Å². The summed E-state index contributed by atoms with van der Waals surface area (Å²) < 4.78 is 0. The van der Waals surface area contributed by atoms with Gasteiger partial charge in [0.05, 0.1) is 6.10 Å². The Bertz CT molecular complexity index is 733. The predicted molar refractivity (Wildman–Crippen MR) is 80.1 cm³/mol. The Morgan fingerprint density at radius 1 is 0.842 bits per heavy atom. The number of nitrogens with two attached hydrogens (primary N) is 1. The second-order valence-electron chi connectivity index (χ2n) is 5.11. The third kappa shape index (κ3) is 2.21. The minimum absolute atomic E-state index is 0.266. The largest absolute Gasteiger partial charge is 0.387 e. The first-order valence-electron chi connectivity index (χ1n) is 6.51. The van der Waals surface area contributed by atoms with Crippen molar-refractivity contribution in [1.29, 1.82) is 0 Å². The summed E-state index contributed by atoms with van der Waals surface area (Å²) >= 11 is 0. The van der Waals surface area contributed by atoms with Crippen LogP contribution < -0.4 is 5.73 Å². The van der Waals surface area contributed by atoms with Crippen LogP contribution in [0.4, 0.5) is 0 Å². The van der Waals surface area contributed by atoms with Gasteiger partial charge in [0.2, 0.25) is 0 Å². The van der Waals surface area contributed by atoms with E-state index in [4.69, 9.17) is 5.73 Å². The van der Waals surface area contributed by atoms with Gasteiger partial charge >= 0.3 is 0 Å². The minimum atomic E-state index is -0.615. The van der Waals surface area contributed by atoms with E-state index < -0.39 is 6.10 Å². The van der Waals surface area contributed by atoms with Gasteiger partial charge in [-0.15, -0.1) is 0 Å². The molecule has 0 aromatic heterocycles. The second-order valence-corrected chi connectivity index (χ2v) is 5.11. The van der Waals surface area contributed by atoms with Crippen molar-refractivity contribution >= 4 is 21.5 Å². The molecule has 3 rings (SSSR count). The Balaban J connectivity index is 2.19. The first-order chi connectivity index (χ1) is 9.15. The molecule has 19 heavy (non-hydrogen) atoms. The summed E-state index contributed by atoms with van der Waals surface area (Å²) in [5.74, 6) is 0. The molecule has 2 atom stereocenters. The van der Waals surface area contributed by atoms with Crippen molar-refractivity contribution in [2.24, 2.45) is 5.73 Å². The highest BCUT2D eigenvalue weighted by Gasteiger charge is 2.12. The molecule has 0 aliphatic carbocycles. The fraction of sp³-hybridized carbons (Fsp3) is 0.176. The van der Waals surface area contributed by atoms with Crippen molar-refractivity contribution in [3.8, 4) is 0 Å². The van der Waals surface area contributed by atoms with Crippen molar-refractivity contribution < 1.29 is 5.11 Å². The highest BCUT2D eigenvalue weighted by atomic mass is 16.3. The number of hydrogen-bond donors (Lipinski definition) is 2. The summed E-state index contributed by atoms with van der Waals surface area (Å²) in [4.78, 5) is 0. The lowest BCUT2D eigenvalue weighted by Gasteiger charge is -2.15. The van der Waals surface area contributed by atoms with Gasteiger partial charge < -0.3 is 10.8 Å². The monoisotopic (exact) mass is 251 g/mol. The first kappa shape index (κ1) is 12.2. The maximum Gasteiger partial charge on any atom is 0.0938 e. The van der Waals surface area contributed by atoms with Gasteiger partial charge in [0.1, 0.15) is 0 Å². The van der Waals surface area contributed by atoms with Crippen LogP contribution in [0.3, 0.4) is 0 Å². The molecule has 3 aromatic rings. The molecule has 0 amide bonds. The average Bonchev–Trinajstić information content (AvgIpc) is 2.43. The van der Waals surface area contributed by atoms with Gasteiger partial charge in [0.25, 0.3) is 0 Å². The van der Waals surface area contributed by atoms with Crippen LogP contribution in [0, 0.1) is 0 Å². The lowest BCUT2D eigenvalue weighted by molar-refractivity contribution is 0.153. The van der Waals surface area contributed by atoms with Gasteiger partial charge in [-0.1, -0.05) is 36.4 Å². The van der Waals surface area contributed by atoms with Crippen LogP contribution in [0.5, 0.6) is 0 Å². The molecule has 0 spiro atoms. The van der Waals surface area contributed by atoms with E-state index in [1.165, 1.54) is 16.2 Å². The number of rotatable bonds is 2.